The van der Waals surface area contributed by atoms with E-state index in [0.29, 0.717) is 18.6 Å². The van der Waals surface area contributed by atoms with Gasteiger partial charge >= 0.3 is 11.9 Å². The topological polar surface area (TPSA) is 120 Å². The highest BCUT2D eigenvalue weighted by Gasteiger charge is 2.29. The van der Waals surface area contributed by atoms with Crippen molar-refractivity contribution in [1.82, 2.24) is 9.47 Å². The van der Waals surface area contributed by atoms with Crippen molar-refractivity contribution in [3.05, 3.63) is 62.6 Å². The summed E-state index contributed by atoms with van der Waals surface area (Å²) in [6.07, 6.45) is -4.62. The minimum atomic E-state index is -4.62. The SMILES string of the molecule is CN(C)CCn1c(=O)oc2ccc(NC(=O)c3cc(OCC(F)(F)F)ccc3[N+](=O)[O-])cc21. The smallest absolute Gasteiger partial charge is 0.422 e. The number of hydrogen-bond acceptors (Lipinski definition) is 7. The predicted molar refractivity (Wildman–Crippen MR) is 112 cm³/mol. The summed E-state index contributed by atoms with van der Waals surface area (Å²) in [5.41, 5.74) is -0.222. The first-order chi connectivity index (χ1) is 15.4. The van der Waals surface area contributed by atoms with Gasteiger partial charge in [0.1, 0.15) is 11.3 Å². The number of fused-ring (bicyclic) bond motifs is 1. The number of nitrogens with one attached hydrogen (secondary N) is 1. The number of nitro benzene ring substituents is 1. The number of anilines is 1. The molecule has 0 atom stereocenters. The van der Waals surface area contributed by atoms with Crippen LogP contribution < -0.4 is 15.8 Å². The van der Waals surface area contributed by atoms with Crippen molar-refractivity contribution in [2.75, 3.05) is 32.6 Å². The van der Waals surface area contributed by atoms with Gasteiger partial charge in [0.15, 0.2) is 12.2 Å². The van der Waals surface area contributed by atoms with E-state index >= 15 is 0 Å². The Labute approximate surface area is 184 Å². The molecule has 176 valence electrons. The Morgan fingerprint density at radius 1 is 1.24 bits per heavy atom. The quantitative estimate of drug-likeness (QED) is 0.398. The number of likely N-dealkylation sites (N-methyl/N-ethyl adjacent to an activating group) is 1. The molecule has 1 aromatic heterocycles. The van der Waals surface area contributed by atoms with Gasteiger partial charge in [-0.25, -0.2) is 4.79 Å². The van der Waals surface area contributed by atoms with E-state index in [0.717, 1.165) is 18.2 Å². The molecular formula is C20H19F3N4O6. The van der Waals surface area contributed by atoms with Crippen LogP contribution in [-0.4, -0.2) is 53.7 Å². The van der Waals surface area contributed by atoms with Gasteiger partial charge < -0.3 is 19.4 Å². The Kier molecular flexibility index (Phi) is 6.72. The molecule has 3 aromatic rings. The molecule has 1 amide bonds. The Hall–Kier alpha value is -3.87. The second-order valence-electron chi connectivity index (χ2n) is 7.30. The molecule has 0 radical (unpaired) electrons. The monoisotopic (exact) mass is 468 g/mol. The van der Waals surface area contributed by atoms with Crippen LogP contribution in [0.25, 0.3) is 11.1 Å². The van der Waals surface area contributed by atoms with Crippen molar-refractivity contribution in [2.45, 2.75) is 12.7 Å². The lowest BCUT2D eigenvalue weighted by atomic mass is 10.1. The van der Waals surface area contributed by atoms with Gasteiger partial charge in [-0.2, -0.15) is 13.2 Å². The van der Waals surface area contributed by atoms with Crippen molar-refractivity contribution in [3.63, 3.8) is 0 Å². The molecule has 0 saturated carbocycles. The van der Waals surface area contributed by atoms with Crippen molar-refractivity contribution in [2.24, 2.45) is 0 Å². The van der Waals surface area contributed by atoms with Gasteiger partial charge in [-0.05, 0) is 44.4 Å². The first kappa shape index (κ1) is 23.8. The highest BCUT2D eigenvalue weighted by molar-refractivity contribution is 6.07. The summed E-state index contributed by atoms with van der Waals surface area (Å²) in [4.78, 5) is 37.2. The van der Waals surface area contributed by atoms with E-state index in [1.807, 2.05) is 19.0 Å². The van der Waals surface area contributed by atoms with Gasteiger partial charge in [-0.3, -0.25) is 19.5 Å². The fourth-order valence-electron chi connectivity index (χ4n) is 2.96. The van der Waals surface area contributed by atoms with Crippen LogP contribution in [0.3, 0.4) is 0 Å². The molecule has 0 aliphatic rings. The zero-order valence-corrected chi connectivity index (χ0v) is 17.5. The Bertz CT molecular complexity index is 1250. The first-order valence-electron chi connectivity index (χ1n) is 9.52. The molecule has 1 N–H and O–H groups in total. The molecular weight excluding hydrogens is 449 g/mol. The van der Waals surface area contributed by atoms with Crippen LogP contribution in [0, 0.1) is 10.1 Å². The molecule has 0 saturated heterocycles. The largest absolute Gasteiger partial charge is 0.484 e. The zero-order chi connectivity index (χ0) is 24.3. The lowest BCUT2D eigenvalue weighted by molar-refractivity contribution is -0.385. The second-order valence-corrected chi connectivity index (χ2v) is 7.30. The number of alkyl halides is 3. The van der Waals surface area contributed by atoms with Crippen LogP contribution in [-0.2, 0) is 6.54 Å². The number of carbonyl (C=O) groups excluding carboxylic acids is 1. The van der Waals surface area contributed by atoms with Crippen molar-refractivity contribution >= 4 is 28.4 Å². The summed E-state index contributed by atoms with van der Waals surface area (Å²) >= 11 is 0. The lowest BCUT2D eigenvalue weighted by Gasteiger charge is -2.11. The number of oxazole rings is 1. The van der Waals surface area contributed by atoms with Crippen LogP contribution >= 0.6 is 0 Å². The number of nitro groups is 1. The fourth-order valence-corrected chi connectivity index (χ4v) is 2.96. The van der Waals surface area contributed by atoms with Crippen LogP contribution in [0.4, 0.5) is 24.5 Å². The Balaban J connectivity index is 1.90. The molecule has 33 heavy (non-hydrogen) atoms. The van der Waals surface area contributed by atoms with Crippen LogP contribution in [0.15, 0.2) is 45.6 Å². The molecule has 2 aromatic carbocycles. The molecule has 0 spiro atoms. The summed E-state index contributed by atoms with van der Waals surface area (Å²) in [5.74, 6) is -1.88. The van der Waals surface area contributed by atoms with Crippen LogP contribution in [0.5, 0.6) is 5.75 Å². The molecule has 0 aliphatic carbocycles. The summed E-state index contributed by atoms with van der Waals surface area (Å²) < 4.78 is 48.4. The van der Waals surface area contributed by atoms with Crippen molar-refractivity contribution in [1.29, 1.82) is 0 Å². The van der Waals surface area contributed by atoms with E-state index in [1.165, 1.54) is 22.8 Å². The van der Waals surface area contributed by atoms with Gasteiger partial charge in [0.2, 0.25) is 0 Å². The molecule has 0 aliphatic heterocycles. The van der Waals surface area contributed by atoms with E-state index in [2.05, 4.69) is 10.1 Å². The first-order valence-corrected chi connectivity index (χ1v) is 9.52. The van der Waals surface area contributed by atoms with Gasteiger partial charge in [0.25, 0.3) is 11.6 Å². The minimum absolute atomic E-state index is 0.197. The number of hydrogen-bond donors (Lipinski definition) is 1. The van der Waals surface area contributed by atoms with Gasteiger partial charge in [-0.1, -0.05) is 0 Å². The third-order valence-corrected chi connectivity index (χ3v) is 4.51. The molecule has 10 nitrogen and oxygen atoms in total. The molecule has 0 bridgehead atoms. The zero-order valence-electron chi connectivity index (χ0n) is 17.5. The molecule has 0 fully saturated rings. The number of aromatic nitrogens is 1. The number of benzene rings is 2. The fraction of sp³-hybridized carbons (Fsp3) is 0.300. The number of carbonyl (C=O) groups is 1. The van der Waals surface area contributed by atoms with E-state index in [9.17, 15) is 32.9 Å². The van der Waals surface area contributed by atoms with Gasteiger partial charge in [0, 0.05) is 24.8 Å². The van der Waals surface area contributed by atoms with Crippen molar-refractivity contribution < 1.29 is 32.0 Å². The average molecular weight is 468 g/mol. The summed E-state index contributed by atoms with van der Waals surface area (Å²) in [7, 11) is 3.66. The number of rotatable bonds is 8. The van der Waals surface area contributed by atoms with Crippen LogP contribution in [0.2, 0.25) is 0 Å². The summed E-state index contributed by atoms with van der Waals surface area (Å²) in [6, 6.07) is 7.07. The Morgan fingerprint density at radius 3 is 2.61 bits per heavy atom. The van der Waals surface area contributed by atoms with Crippen molar-refractivity contribution in [3.8, 4) is 5.75 Å². The maximum Gasteiger partial charge on any atom is 0.422 e. The van der Waals surface area contributed by atoms with E-state index in [4.69, 9.17) is 4.42 Å². The highest BCUT2D eigenvalue weighted by atomic mass is 19.4. The number of halogens is 3. The maximum absolute atomic E-state index is 12.7. The van der Waals surface area contributed by atoms with E-state index < -0.39 is 40.6 Å². The second kappa shape index (κ2) is 9.32. The Morgan fingerprint density at radius 2 is 1.97 bits per heavy atom. The van der Waals surface area contributed by atoms with Crippen LogP contribution in [0.1, 0.15) is 10.4 Å². The van der Waals surface area contributed by atoms with Gasteiger partial charge in [0.05, 0.1) is 10.4 Å². The third-order valence-electron chi connectivity index (χ3n) is 4.51. The third kappa shape index (κ3) is 5.88. The van der Waals surface area contributed by atoms with Gasteiger partial charge in [-0.15, -0.1) is 0 Å². The molecule has 0 unspecified atom stereocenters. The average Bonchev–Trinajstić information content (AvgIpc) is 3.04. The van der Waals surface area contributed by atoms with E-state index in [-0.39, 0.29) is 17.0 Å². The number of amides is 1. The normalized spacial score (nSPS) is 11.7. The summed E-state index contributed by atoms with van der Waals surface area (Å²) in [6.45, 7) is -0.754. The molecule has 3 rings (SSSR count). The lowest BCUT2D eigenvalue weighted by Crippen LogP contribution is -2.23. The standard InChI is InChI=1S/C20H19F3N4O6/c1-25(2)7-8-26-16-9-12(3-6-17(16)33-19(26)29)24-18(28)14-10-13(32-11-20(21,22)23)4-5-15(14)27(30)31/h3-6,9-10H,7-8,11H2,1-2H3,(H,24,28). The number of ether oxygens (including phenoxy) is 1. The minimum Gasteiger partial charge on any atom is -0.484 e. The molecule has 13 heteroatoms. The highest BCUT2D eigenvalue weighted by Crippen LogP contribution is 2.27. The number of nitrogens with zero attached hydrogens (tertiary/aromatic N) is 3. The maximum atomic E-state index is 12.7. The predicted octanol–water partition coefficient (Wildman–Crippen LogP) is 3.26. The molecule has 1 heterocycles. The summed E-state index contributed by atoms with van der Waals surface area (Å²) in [5, 5.41) is 13.8. The van der Waals surface area contributed by atoms with E-state index in [1.54, 1.807) is 0 Å².